The van der Waals surface area contributed by atoms with Crippen molar-refractivity contribution in [2.45, 2.75) is 32.2 Å². The minimum absolute atomic E-state index is 0.364. The molecule has 0 radical (unpaired) electrons. The number of hydrogen-bond acceptors (Lipinski definition) is 4. The fraction of sp³-hybridized carbons (Fsp3) is 0.400. The fourth-order valence-corrected chi connectivity index (χ4v) is 2.01. The molecule has 0 aliphatic heterocycles. The van der Waals surface area contributed by atoms with E-state index in [2.05, 4.69) is 5.32 Å². The number of ether oxygens (including phenoxy) is 1. The third-order valence-electron chi connectivity index (χ3n) is 3.29. The lowest BCUT2D eigenvalue weighted by atomic mass is 10.1. The Hall–Kier alpha value is -2.37. The Labute approximate surface area is 122 Å². The molecule has 2 rings (SSSR count). The molecule has 0 bridgehead atoms. The molecule has 1 atom stereocenters. The highest BCUT2D eigenvalue weighted by atomic mass is 16.5. The standard InChI is InChI=1S/C15H18N2O4/c1-9(18)21-12-6-4-11(5-7-12)15(20)17-13(14(16)19)8-10-2-3-10/h4-7,10,13H,2-3,8H2,1H3,(H2,16,19)(H,17,20)/t13-/m1/s1. The van der Waals surface area contributed by atoms with Crippen LogP contribution >= 0.6 is 0 Å². The lowest BCUT2D eigenvalue weighted by Crippen LogP contribution is -2.44. The van der Waals surface area contributed by atoms with E-state index in [1.807, 2.05) is 0 Å². The molecular formula is C15H18N2O4. The Bertz CT molecular complexity index is 549. The van der Waals surface area contributed by atoms with Crippen molar-refractivity contribution in [2.24, 2.45) is 11.7 Å². The van der Waals surface area contributed by atoms with Gasteiger partial charge in [-0.1, -0.05) is 12.8 Å². The predicted molar refractivity (Wildman–Crippen MR) is 75.5 cm³/mol. The molecule has 2 amide bonds. The number of nitrogens with one attached hydrogen (secondary N) is 1. The molecule has 3 N–H and O–H groups in total. The van der Waals surface area contributed by atoms with Gasteiger partial charge < -0.3 is 15.8 Å². The van der Waals surface area contributed by atoms with E-state index < -0.39 is 17.9 Å². The number of benzene rings is 1. The summed E-state index contributed by atoms with van der Waals surface area (Å²) in [6.45, 7) is 1.30. The zero-order chi connectivity index (χ0) is 15.4. The zero-order valence-electron chi connectivity index (χ0n) is 11.8. The largest absolute Gasteiger partial charge is 0.427 e. The maximum absolute atomic E-state index is 12.1. The molecule has 0 spiro atoms. The van der Waals surface area contributed by atoms with Crippen LogP contribution < -0.4 is 15.8 Å². The van der Waals surface area contributed by atoms with Gasteiger partial charge in [0.05, 0.1) is 0 Å². The molecule has 0 unspecified atom stereocenters. The first kappa shape index (κ1) is 15.0. The van der Waals surface area contributed by atoms with Crippen LogP contribution in [0.15, 0.2) is 24.3 Å². The zero-order valence-corrected chi connectivity index (χ0v) is 11.8. The molecule has 0 heterocycles. The summed E-state index contributed by atoms with van der Waals surface area (Å²) in [4.78, 5) is 34.2. The van der Waals surface area contributed by atoms with E-state index in [9.17, 15) is 14.4 Å². The van der Waals surface area contributed by atoms with Crippen molar-refractivity contribution in [3.8, 4) is 5.75 Å². The van der Waals surface area contributed by atoms with E-state index in [1.54, 1.807) is 0 Å². The first-order chi connectivity index (χ1) is 9.95. The fourth-order valence-electron chi connectivity index (χ4n) is 2.01. The summed E-state index contributed by atoms with van der Waals surface area (Å²) in [6, 6.07) is 5.47. The second kappa shape index (κ2) is 6.39. The van der Waals surface area contributed by atoms with E-state index in [4.69, 9.17) is 10.5 Å². The summed E-state index contributed by atoms with van der Waals surface area (Å²) in [6.07, 6.45) is 2.75. The normalized spacial score (nSPS) is 15.1. The topological polar surface area (TPSA) is 98.5 Å². The number of rotatable bonds is 6. The first-order valence-corrected chi connectivity index (χ1v) is 6.84. The Morgan fingerprint density at radius 1 is 1.29 bits per heavy atom. The van der Waals surface area contributed by atoms with Crippen molar-refractivity contribution < 1.29 is 19.1 Å². The van der Waals surface area contributed by atoms with Gasteiger partial charge in [0.25, 0.3) is 5.91 Å². The molecule has 112 valence electrons. The summed E-state index contributed by atoms with van der Waals surface area (Å²) in [7, 11) is 0. The summed E-state index contributed by atoms with van der Waals surface area (Å²) >= 11 is 0. The van der Waals surface area contributed by atoms with Crippen molar-refractivity contribution in [3.05, 3.63) is 29.8 Å². The smallest absolute Gasteiger partial charge is 0.308 e. The molecule has 1 fully saturated rings. The maximum Gasteiger partial charge on any atom is 0.308 e. The SMILES string of the molecule is CC(=O)Oc1ccc(C(=O)N[C@H](CC2CC2)C(N)=O)cc1. The molecule has 0 aromatic heterocycles. The van der Waals surface area contributed by atoms with Crippen LogP contribution in [0, 0.1) is 5.92 Å². The van der Waals surface area contributed by atoms with Crippen LogP contribution in [-0.2, 0) is 9.59 Å². The number of primary amides is 1. The van der Waals surface area contributed by atoms with Crippen LogP contribution in [0.25, 0.3) is 0 Å². The van der Waals surface area contributed by atoms with Crippen molar-refractivity contribution in [3.63, 3.8) is 0 Å². The van der Waals surface area contributed by atoms with E-state index in [1.165, 1.54) is 31.2 Å². The van der Waals surface area contributed by atoms with Gasteiger partial charge in [-0.05, 0) is 36.6 Å². The number of carbonyl (C=O) groups excluding carboxylic acids is 3. The molecular weight excluding hydrogens is 272 g/mol. The van der Waals surface area contributed by atoms with E-state index in [-0.39, 0.29) is 5.91 Å². The molecule has 6 nitrogen and oxygen atoms in total. The Kier molecular flexibility index (Phi) is 4.57. The van der Waals surface area contributed by atoms with E-state index in [0.717, 1.165) is 12.8 Å². The minimum atomic E-state index is -0.641. The van der Waals surface area contributed by atoms with Gasteiger partial charge in [-0.25, -0.2) is 0 Å². The lowest BCUT2D eigenvalue weighted by Gasteiger charge is -2.15. The van der Waals surface area contributed by atoms with E-state index >= 15 is 0 Å². The van der Waals surface area contributed by atoms with Crippen LogP contribution in [0.4, 0.5) is 0 Å². The Morgan fingerprint density at radius 2 is 1.90 bits per heavy atom. The molecule has 1 aliphatic carbocycles. The second-order valence-electron chi connectivity index (χ2n) is 5.23. The summed E-state index contributed by atoms with van der Waals surface area (Å²) in [5.41, 5.74) is 5.69. The summed E-state index contributed by atoms with van der Waals surface area (Å²) in [5.74, 6) is -0.469. The van der Waals surface area contributed by atoms with Crippen LogP contribution in [0.3, 0.4) is 0 Å². The van der Waals surface area contributed by atoms with Gasteiger partial charge in [-0.3, -0.25) is 14.4 Å². The van der Waals surface area contributed by atoms with Crippen LogP contribution in [0.2, 0.25) is 0 Å². The van der Waals surface area contributed by atoms with Crippen LogP contribution in [0.1, 0.15) is 36.5 Å². The number of hydrogen-bond donors (Lipinski definition) is 2. The molecule has 1 saturated carbocycles. The second-order valence-corrected chi connectivity index (χ2v) is 5.23. The molecule has 1 aromatic rings. The van der Waals surface area contributed by atoms with Gasteiger partial charge in [0.2, 0.25) is 5.91 Å². The quantitative estimate of drug-likeness (QED) is 0.603. The van der Waals surface area contributed by atoms with Gasteiger partial charge in [0, 0.05) is 12.5 Å². The highest BCUT2D eigenvalue weighted by Crippen LogP contribution is 2.33. The van der Waals surface area contributed by atoms with E-state index in [0.29, 0.717) is 23.7 Å². The summed E-state index contributed by atoms with van der Waals surface area (Å²) < 4.78 is 4.88. The highest BCUT2D eigenvalue weighted by Gasteiger charge is 2.29. The number of nitrogens with two attached hydrogens (primary N) is 1. The average molecular weight is 290 g/mol. The van der Waals surface area contributed by atoms with Crippen molar-refractivity contribution in [1.29, 1.82) is 0 Å². The predicted octanol–water partition coefficient (Wildman–Crippen LogP) is 0.996. The Morgan fingerprint density at radius 3 is 2.38 bits per heavy atom. The molecule has 21 heavy (non-hydrogen) atoms. The van der Waals surface area contributed by atoms with Crippen LogP contribution in [0.5, 0.6) is 5.75 Å². The molecule has 6 heteroatoms. The third-order valence-corrected chi connectivity index (χ3v) is 3.29. The highest BCUT2D eigenvalue weighted by molar-refractivity contribution is 5.97. The first-order valence-electron chi connectivity index (χ1n) is 6.84. The Balaban J connectivity index is 1.97. The third kappa shape index (κ3) is 4.59. The van der Waals surface area contributed by atoms with Crippen molar-refractivity contribution in [2.75, 3.05) is 0 Å². The molecule has 1 aliphatic rings. The van der Waals surface area contributed by atoms with Gasteiger partial charge in [0.15, 0.2) is 0 Å². The molecule has 0 saturated heterocycles. The average Bonchev–Trinajstić information content (AvgIpc) is 3.22. The van der Waals surface area contributed by atoms with Gasteiger partial charge in [0.1, 0.15) is 11.8 Å². The van der Waals surface area contributed by atoms with Gasteiger partial charge in [-0.2, -0.15) is 0 Å². The van der Waals surface area contributed by atoms with Crippen molar-refractivity contribution in [1.82, 2.24) is 5.32 Å². The number of amides is 2. The minimum Gasteiger partial charge on any atom is -0.427 e. The summed E-state index contributed by atoms with van der Waals surface area (Å²) in [5, 5.41) is 2.64. The van der Waals surface area contributed by atoms with Crippen molar-refractivity contribution >= 4 is 17.8 Å². The van der Waals surface area contributed by atoms with Gasteiger partial charge >= 0.3 is 5.97 Å². The monoisotopic (exact) mass is 290 g/mol. The number of esters is 1. The lowest BCUT2D eigenvalue weighted by molar-refractivity contribution is -0.131. The van der Waals surface area contributed by atoms with Crippen LogP contribution in [-0.4, -0.2) is 23.8 Å². The maximum atomic E-state index is 12.1. The number of carbonyl (C=O) groups is 3. The van der Waals surface area contributed by atoms with Gasteiger partial charge in [-0.15, -0.1) is 0 Å². The molecule has 1 aromatic carbocycles.